The Kier molecular flexibility index (Phi) is 2.51. The van der Waals surface area contributed by atoms with Gasteiger partial charge < -0.3 is 0 Å². The molecule has 5 rings (SSSR count). The van der Waals surface area contributed by atoms with Crippen molar-refractivity contribution in [2.45, 2.75) is 25.7 Å². The second kappa shape index (κ2) is 4.54. The molecule has 106 valence electrons. The molecular weight excluding hydrogens is 266 g/mol. The van der Waals surface area contributed by atoms with Gasteiger partial charge in [-0.2, -0.15) is 0 Å². The molecule has 1 aliphatic carbocycles. The maximum absolute atomic E-state index is 4.85. The lowest BCUT2D eigenvalue weighted by Crippen LogP contribution is -2.05. The highest BCUT2D eigenvalue weighted by atomic mass is 14.7. The standard InChI is InChI=1S/C21H17N/c1-2-8-15-14(7-1)13-22-21-19-12-6-4-10-17(19)16-9-3-5-11-18(16)20(15)21/h1-2,4,6-8,10,12-13H,3,5,9,11H2. The average molecular weight is 283 g/mol. The molecule has 1 nitrogen and oxygen atoms in total. The molecule has 0 N–H and O–H groups in total. The van der Waals surface area contributed by atoms with Crippen LogP contribution in [0, 0.1) is 0 Å². The van der Waals surface area contributed by atoms with Gasteiger partial charge >= 0.3 is 0 Å². The highest BCUT2D eigenvalue weighted by Gasteiger charge is 2.19. The molecule has 0 atom stereocenters. The smallest absolute Gasteiger partial charge is 0.0789 e. The van der Waals surface area contributed by atoms with Crippen LogP contribution in [0.3, 0.4) is 0 Å². The molecule has 1 heterocycles. The van der Waals surface area contributed by atoms with E-state index in [0.717, 1.165) is 0 Å². The predicted octanol–water partition coefficient (Wildman–Crippen LogP) is 5.42. The lowest BCUT2D eigenvalue weighted by Gasteiger charge is -2.21. The third kappa shape index (κ3) is 1.57. The van der Waals surface area contributed by atoms with E-state index < -0.39 is 0 Å². The van der Waals surface area contributed by atoms with Gasteiger partial charge in [-0.25, -0.2) is 0 Å². The van der Waals surface area contributed by atoms with Gasteiger partial charge in [0.15, 0.2) is 0 Å². The summed E-state index contributed by atoms with van der Waals surface area (Å²) in [5.74, 6) is 0. The minimum Gasteiger partial charge on any atom is -0.255 e. The number of hydrogen-bond donors (Lipinski definition) is 0. The fourth-order valence-corrected chi connectivity index (χ4v) is 4.10. The molecule has 0 fully saturated rings. The van der Waals surface area contributed by atoms with E-state index in [1.807, 2.05) is 6.20 Å². The summed E-state index contributed by atoms with van der Waals surface area (Å²) in [4.78, 5) is 4.85. The molecular formula is C21H17N. The molecule has 1 aromatic heterocycles. The van der Waals surface area contributed by atoms with E-state index in [9.17, 15) is 0 Å². The number of hydrogen-bond acceptors (Lipinski definition) is 1. The third-order valence-electron chi connectivity index (χ3n) is 5.08. The lowest BCUT2D eigenvalue weighted by atomic mass is 9.83. The van der Waals surface area contributed by atoms with Crippen molar-refractivity contribution in [1.29, 1.82) is 0 Å². The largest absolute Gasteiger partial charge is 0.255 e. The average Bonchev–Trinajstić information content (AvgIpc) is 2.61. The van der Waals surface area contributed by atoms with Crippen LogP contribution in [-0.2, 0) is 12.8 Å². The van der Waals surface area contributed by atoms with Crippen molar-refractivity contribution >= 4 is 32.4 Å². The first-order chi connectivity index (χ1) is 10.9. The van der Waals surface area contributed by atoms with Crippen molar-refractivity contribution in [2.75, 3.05) is 0 Å². The zero-order chi connectivity index (χ0) is 14.5. The van der Waals surface area contributed by atoms with E-state index in [1.54, 1.807) is 11.1 Å². The number of aromatic nitrogens is 1. The fourth-order valence-electron chi connectivity index (χ4n) is 4.10. The predicted molar refractivity (Wildman–Crippen MR) is 93.4 cm³/mol. The van der Waals surface area contributed by atoms with Gasteiger partial charge in [0.05, 0.1) is 5.52 Å². The molecule has 1 heteroatoms. The zero-order valence-electron chi connectivity index (χ0n) is 12.5. The van der Waals surface area contributed by atoms with E-state index in [4.69, 9.17) is 4.98 Å². The second-order valence-electron chi connectivity index (χ2n) is 6.28. The van der Waals surface area contributed by atoms with Crippen LogP contribution >= 0.6 is 0 Å². The Labute approximate surface area is 129 Å². The molecule has 0 bridgehead atoms. The second-order valence-corrected chi connectivity index (χ2v) is 6.28. The Balaban J connectivity index is 2.11. The fraction of sp³-hybridized carbons (Fsp3) is 0.190. The van der Waals surface area contributed by atoms with Crippen LogP contribution in [0.25, 0.3) is 32.4 Å². The van der Waals surface area contributed by atoms with Crippen LogP contribution in [0.5, 0.6) is 0 Å². The minimum atomic E-state index is 1.18. The van der Waals surface area contributed by atoms with Gasteiger partial charge in [0.2, 0.25) is 0 Å². The number of benzene rings is 3. The summed E-state index contributed by atoms with van der Waals surface area (Å²) in [6, 6.07) is 17.5. The van der Waals surface area contributed by atoms with Gasteiger partial charge in [0.1, 0.15) is 0 Å². The lowest BCUT2D eigenvalue weighted by molar-refractivity contribution is 0.694. The topological polar surface area (TPSA) is 12.9 Å². The van der Waals surface area contributed by atoms with E-state index >= 15 is 0 Å². The van der Waals surface area contributed by atoms with Crippen molar-refractivity contribution in [3.05, 3.63) is 65.9 Å². The van der Waals surface area contributed by atoms with Gasteiger partial charge in [-0.3, -0.25) is 4.98 Å². The van der Waals surface area contributed by atoms with Crippen LogP contribution in [0.4, 0.5) is 0 Å². The molecule has 0 amide bonds. The summed E-state index contributed by atoms with van der Waals surface area (Å²) in [5, 5.41) is 6.72. The molecule has 0 saturated carbocycles. The molecule has 22 heavy (non-hydrogen) atoms. The Bertz CT molecular complexity index is 1020. The van der Waals surface area contributed by atoms with Gasteiger partial charge in [-0.1, -0.05) is 48.5 Å². The number of aryl methyl sites for hydroxylation is 2. The van der Waals surface area contributed by atoms with E-state index in [0.29, 0.717) is 0 Å². The number of pyridine rings is 1. The van der Waals surface area contributed by atoms with Crippen molar-refractivity contribution < 1.29 is 0 Å². The molecule has 1 aliphatic rings. The summed E-state index contributed by atoms with van der Waals surface area (Å²) < 4.78 is 0. The maximum atomic E-state index is 4.85. The highest BCUT2D eigenvalue weighted by molar-refractivity contribution is 6.17. The van der Waals surface area contributed by atoms with Crippen LogP contribution in [0.1, 0.15) is 24.0 Å². The quantitative estimate of drug-likeness (QED) is 0.393. The molecule has 0 spiro atoms. The Morgan fingerprint density at radius 2 is 1.36 bits per heavy atom. The molecule has 0 unspecified atom stereocenters. The Hall–Kier alpha value is -2.41. The first-order valence-corrected chi connectivity index (χ1v) is 8.13. The maximum Gasteiger partial charge on any atom is 0.0789 e. The van der Waals surface area contributed by atoms with Crippen molar-refractivity contribution in [1.82, 2.24) is 4.98 Å². The normalized spacial score (nSPS) is 14.5. The SMILES string of the molecule is c1ccc2c(c1)cnc1c3ccccc3c3c(c21)CCCC3. The van der Waals surface area contributed by atoms with E-state index in [-0.39, 0.29) is 0 Å². The zero-order valence-corrected chi connectivity index (χ0v) is 12.5. The summed E-state index contributed by atoms with van der Waals surface area (Å²) in [7, 11) is 0. The molecule has 4 aromatic rings. The third-order valence-corrected chi connectivity index (χ3v) is 5.08. The first-order valence-electron chi connectivity index (χ1n) is 8.13. The van der Waals surface area contributed by atoms with Crippen molar-refractivity contribution in [3.63, 3.8) is 0 Å². The van der Waals surface area contributed by atoms with Crippen LogP contribution in [0.15, 0.2) is 54.7 Å². The van der Waals surface area contributed by atoms with E-state index in [1.165, 1.54) is 58.1 Å². The number of fused-ring (bicyclic) bond motifs is 8. The van der Waals surface area contributed by atoms with Crippen LogP contribution < -0.4 is 0 Å². The number of rotatable bonds is 0. The molecule has 0 saturated heterocycles. The summed E-state index contributed by atoms with van der Waals surface area (Å²) in [6.07, 6.45) is 7.02. The monoisotopic (exact) mass is 283 g/mol. The number of nitrogens with zero attached hydrogens (tertiary/aromatic N) is 1. The van der Waals surface area contributed by atoms with Crippen molar-refractivity contribution in [3.8, 4) is 0 Å². The van der Waals surface area contributed by atoms with E-state index in [2.05, 4.69) is 48.5 Å². The highest BCUT2D eigenvalue weighted by Crippen LogP contribution is 2.39. The van der Waals surface area contributed by atoms with Crippen LogP contribution in [0.2, 0.25) is 0 Å². The summed E-state index contributed by atoms with van der Waals surface area (Å²) >= 11 is 0. The summed E-state index contributed by atoms with van der Waals surface area (Å²) in [5.41, 5.74) is 4.28. The van der Waals surface area contributed by atoms with Crippen LogP contribution in [-0.4, -0.2) is 4.98 Å². The Morgan fingerprint density at radius 1 is 0.682 bits per heavy atom. The van der Waals surface area contributed by atoms with Gasteiger partial charge in [-0.15, -0.1) is 0 Å². The molecule has 3 aromatic carbocycles. The first kappa shape index (κ1) is 12.2. The van der Waals surface area contributed by atoms with Gasteiger partial charge in [0.25, 0.3) is 0 Å². The Morgan fingerprint density at radius 3 is 2.23 bits per heavy atom. The van der Waals surface area contributed by atoms with Gasteiger partial charge in [-0.05, 0) is 47.6 Å². The summed E-state index contributed by atoms with van der Waals surface area (Å²) in [6.45, 7) is 0. The van der Waals surface area contributed by atoms with Crippen molar-refractivity contribution in [2.24, 2.45) is 0 Å². The minimum absolute atomic E-state index is 1.18. The van der Waals surface area contributed by atoms with Gasteiger partial charge in [0, 0.05) is 22.4 Å². The molecule has 0 radical (unpaired) electrons. The molecule has 0 aliphatic heterocycles.